The van der Waals surface area contributed by atoms with Crippen LogP contribution in [0.25, 0.3) is 0 Å². The Bertz CT molecular complexity index is 859. The average molecular weight is 353 g/mol. The van der Waals surface area contributed by atoms with E-state index in [1.807, 2.05) is 5.92 Å². The van der Waals surface area contributed by atoms with Crippen LogP contribution in [0.3, 0.4) is 0 Å². The second-order valence-electron chi connectivity index (χ2n) is 4.85. The molecule has 1 aromatic carbocycles. The van der Waals surface area contributed by atoms with Crippen molar-refractivity contribution in [2.45, 2.75) is 11.8 Å². The monoisotopic (exact) mass is 352 g/mol. The molecule has 0 unspecified atom stereocenters. The number of ether oxygens (including phenoxy) is 1. The molecule has 2 aromatic rings. The van der Waals surface area contributed by atoms with E-state index in [4.69, 9.17) is 11.6 Å². The quantitative estimate of drug-likeness (QED) is 0.726. The molecule has 1 aliphatic rings. The van der Waals surface area contributed by atoms with E-state index in [1.54, 1.807) is 12.1 Å². The Morgan fingerprint density at radius 1 is 1.25 bits per heavy atom. The van der Waals surface area contributed by atoms with Gasteiger partial charge in [0.2, 0.25) is 0 Å². The molecule has 24 heavy (non-hydrogen) atoms. The average Bonchev–Trinajstić information content (AvgIpc) is 2.53. The van der Waals surface area contributed by atoms with E-state index in [0.717, 1.165) is 6.07 Å². The number of anilines is 1. The highest BCUT2D eigenvalue weighted by molar-refractivity contribution is 6.30. The summed E-state index contributed by atoms with van der Waals surface area (Å²) in [6.45, 7) is 0. The second-order valence-corrected chi connectivity index (χ2v) is 5.28. The Morgan fingerprint density at radius 3 is 2.71 bits per heavy atom. The summed E-state index contributed by atoms with van der Waals surface area (Å²) in [5, 5.41) is 2.27. The number of nitrogens with one attached hydrogen (secondary N) is 1. The van der Waals surface area contributed by atoms with Gasteiger partial charge in [-0.1, -0.05) is 17.7 Å². The first kappa shape index (κ1) is 16.1. The first-order valence-corrected chi connectivity index (χ1v) is 7.00. The number of pyridine rings is 1. The van der Waals surface area contributed by atoms with Crippen molar-refractivity contribution in [3.05, 3.63) is 58.9 Å². The van der Waals surface area contributed by atoms with E-state index in [1.165, 1.54) is 24.4 Å². The van der Waals surface area contributed by atoms with Crippen molar-refractivity contribution >= 4 is 23.4 Å². The molecular weight excluding hydrogens is 345 g/mol. The third-order valence-corrected chi connectivity index (χ3v) is 3.51. The van der Waals surface area contributed by atoms with Gasteiger partial charge in [0.1, 0.15) is 5.69 Å². The molecule has 1 aliphatic heterocycles. The van der Waals surface area contributed by atoms with Crippen molar-refractivity contribution in [3.63, 3.8) is 0 Å². The number of carbonyl (C=O) groups is 1. The molecule has 0 radical (unpaired) electrons. The topological polar surface area (TPSA) is 51.2 Å². The molecule has 1 aromatic heterocycles. The molecule has 0 spiro atoms. The number of nitrogens with zero attached hydrogens (tertiary/aromatic N) is 1. The molecule has 0 aliphatic carbocycles. The van der Waals surface area contributed by atoms with Gasteiger partial charge in [-0.15, -0.1) is 0 Å². The van der Waals surface area contributed by atoms with Gasteiger partial charge in [0, 0.05) is 16.8 Å². The fourth-order valence-corrected chi connectivity index (χ4v) is 2.38. The molecule has 1 atom stereocenters. The zero-order valence-corrected chi connectivity index (χ0v) is 12.6. The van der Waals surface area contributed by atoms with Gasteiger partial charge in [0.25, 0.3) is 5.60 Å². The van der Waals surface area contributed by atoms with Gasteiger partial charge in [-0.2, -0.15) is 13.2 Å². The Morgan fingerprint density at radius 2 is 2.04 bits per heavy atom. The van der Waals surface area contributed by atoms with Gasteiger partial charge < -0.3 is 4.74 Å². The smallest absolute Gasteiger partial charge is 0.415 e. The molecular formula is C16H8ClF3N2O2. The molecule has 4 nitrogen and oxygen atoms in total. The highest BCUT2D eigenvalue weighted by Crippen LogP contribution is 2.47. The van der Waals surface area contributed by atoms with Gasteiger partial charge in [-0.05, 0) is 42.2 Å². The van der Waals surface area contributed by atoms with E-state index in [0.29, 0.717) is 0 Å². The van der Waals surface area contributed by atoms with Crippen LogP contribution in [0.1, 0.15) is 11.3 Å². The van der Waals surface area contributed by atoms with Gasteiger partial charge in [0.15, 0.2) is 0 Å². The molecule has 3 rings (SSSR count). The summed E-state index contributed by atoms with van der Waals surface area (Å²) in [7, 11) is 0. The number of halogens is 4. The fourth-order valence-electron chi connectivity index (χ4n) is 2.21. The van der Waals surface area contributed by atoms with Gasteiger partial charge in [-0.25, -0.2) is 9.78 Å². The van der Waals surface area contributed by atoms with Crippen molar-refractivity contribution in [1.29, 1.82) is 0 Å². The largest absolute Gasteiger partial charge is 0.445 e. The number of alkyl halides is 3. The van der Waals surface area contributed by atoms with Crippen LogP contribution in [0, 0.1) is 11.8 Å². The third-order valence-electron chi connectivity index (χ3n) is 3.27. The van der Waals surface area contributed by atoms with Crippen LogP contribution in [0.5, 0.6) is 0 Å². The predicted molar refractivity (Wildman–Crippen MR) is 80.4 cm³/mol. The summed E-state index contributed by atoms with van der Waals surface area (Å²) in [6.07, 6.45) is -4.84. The minimum atomic E-state index is -4.98. The third kappa shape index (κ3) is 2.76. The Balaban J connectivity index is 2.23. The van der Waals surface area contributed by atoms with Gasteiger partial charge in [-0.3, -0.25) is 5.32 Å². The van der Waals surface area contributed by atoms with E-state index < -0.39 is 17.9 Å². The SMILES string of the molecule is O=C1Nc2ccc(Cl)cc2[C@@](C#Cc2ccccn2)(C(F)(F)F)O1. The number of benzene rings is 1. The zero-order chi connectivity index (χ0) is 17.4. The number of hydrogen-bond acceptors (Lipinski definition) is 3. The maximum atomic E-state index is 13.8. The number of fused-ring (bicyclic) bond motifs is 1. The van der Waals surface area contributed by atoms with Crippen molar-refractivity contribution < 1.29 is 22.7 Å². The van der Waals surface area contributed by atoms with Crippen molar-refractivity contribution in [2.75, 3.05) is 5.32 Å². The number of carbonyl (C=O) groups excluding carboxylic acids is 1. The summed E-state index contributed by atoms with van der Waals surface area (Å²) < 4.78 is 46.0. The summed E-state index contributed by atoms with van der Waals surface area (Å²) in [6, 6.07) is 8.32. The number of amides is 1. The maximum Gasteiger partial charge on any atom is 0.445 e. The van der Waals surface area contributed by atoms with Gasteiger partial charge >= 0.3 is 12.3 Å². The number of hydrogen-bond donors (Lipinski definition) is 1. The van der Waals surface area contributed by atoms with Crippen LogP contribution in [0.15, 0.2) is 42.6 Å². The summed E-state index contributed by atoms with van der Waals surface area (Å²) in [5.41, 5.74) is -3.47. The molecule has 8 heteroatoms. The van der Waals surface area contributed by atoms with Crippen LogP contribution < -0.4 is 5.32 Å². The highest BCUT2D eigenvalue weighted by Gasteiger charge is 2.62. The molecule has 0 saturated heterocycles. The molecule has 1 amide bonds. The zero-order valence-electron chi connectivity index (χ0n) is 11.8. The minimum absolute atomic E-state index is 0.0572. The number of aromatic nitrogens is 1. The summed E-state index contributed by atoms with van der Waals surface area (Å²) in [5.74, 6) is 4.34. The molecule has 0 bridgehead atoms. The highest BCUT2D eigenvalue weighted by atomic mass is 35.5. The fraction of sp³-hybridized carbons (Fsp3) is 0.125. The van der Waals surface area contributed by atoms with Crippen molar-refractivity contribution in [1.82, 2.24) is 4.98 Å². The Kier molecular flexibility index (Phi) is 3.85. The minimum Gasteiger partial charge on any atom is -0.415 e. The number of cyclic esters (lactones) is 1. The van der Waals surface area contributed by atoms with Gasteiger partial charge in [0.05, 0.1) is 5.69 Å². The molecule has 1 N–H and O–H groups in total. The van der Waals surface area contributed by atoms with E-state index >= 15 is 0 Å². The summed E-state index contributed by atoms with van der Waals surface area (Å²) >= 11 is 5.81. The van der Waals surface area contributed by atoms with E-state index in [-0.39, 0.29) is 22.0 Å². The Hall–Kier alpha value is -2.72. The Labute approximate surface area is 139 Å². The first-order chi connectivity index (χ1) is 11.3. The summed E-state index contributed by atoms with van der Waals surface area (Å²) in [4.78, 5) is 15.5. The van der Waals surface area contributed by atoms with Crippen molar-refractivity contribution in [3.8, 4) is 11.8 Å². The molecule has 0 saturated carbocycles. The lowest BCUT2D eigenvalue weighted by atomic mass is 9.90. The van der Waals surface area contributed by atoms with E-state index in [2.05, 4.69) is 21.0 Å². The lowest BCUT2D eigenvalue weighted by Crippen LogP contribution is -2.49. The predicted octanol–water partition coefficient (Wildman–Crippen LogP) is 4.11. The van der Waals surface area contributed by atoms with E-state index in [9.17, 15) is 18.0 Å². The van der Waals surface area contributed by atoms with Crippen LogP contribution in [0.2, 0.25) is 5.02 Å². The standard InChI is InChI=1S/C16H8ClF3N2O2/c17-10-4-5-13-12(9-10)15(16(18,19)20,24-14(23)22-13)7-6-11-3-1-2-8-21-11/h1-5,8-9H,(H,22,23)/t15-/m0/s1. The lowest BCUT2D eigenvalue weighted by molar-refractivity contribution is -0.239. The van der Waals surface area contributed by atoms with Crippen LogP contribution in [-0.2, 0) is 10.3 Å². The first-order valence-electron chi connectivity index (χ1n) is 6.63. The molecule has 2 heterocycles. The lowest BCUT2D eigenvalue weighted by Gasteiger charge is -2.35. The number of rotatable bonds is 0. The molecule has 0 fully saturated rings. The van der Waals surface area contributed by atoms with Crippen molar-refractivity contribution in [2.24, 2.45) is 0 Å². The van der Waals surface area contributed by atoms with Crippen LogP contribution in [-0.4, -0.2) is 17.3 Å². The van der Waals surface area contributed by atoms with Crippen LogP contribution >= 0.6 is 11.6 Å². The molecule has 122 valence electrons. The normalized spacial score (nSPS) is 19.4. The van der Waals surface area contributed by atoms with Crippen LogP contribution in [0.4, 0.5) is 23.7 Å². The second kappa shape index (κ2) is 5.73. The maximum absolute atomic E-state index is 13.8.